The summed E-state index contributed by atoms with van der Waals surface area (Å²) in [4.78, 5) is 7.24. The minimum Gasteiger partial charge on any atom is -0.377 e. The smallest absolute Gasteiger partial charge is 0.191 e. The lowest BCUT2D eigenvalue weighted by molar-refractivity contribution is -0.188. The largest absolute Gasteiger partial charge is 0.377 e. The monoisotopic (exact) mass is 476 g/mol. The van der Waals surface area contributed by atoms with Crippen molar-refractivity contribution in [3.05, 3.63) is 0 Å². The molecule has 2 aliphatic carbocycles. The van der Waals surface area contributed by atoms with Crippen LogP contribution in [-0.4, -0.2) is 61.8 Å². The molecule has 2 saturated carbocycles. The van der Waals surface area contributed by atoms with Gasteiger partial charge in [-0.3, -0.25) is 9.89 Å². The summed E-state index contributed by atoms with van der Waals surface area (Å²) in [6.07, 6.45) is 9.77. The number of rotatable bonds is 3. The summed E-state index contributed by atoms with van der Waals surface area (Å²) in [5, 5.41) is 7.45. The Morgan fingerprint density at radius 1 is 1.08 bits per heavy atom. The zero-order chi connectivity index (χ0) is 17.4. The molecule has 0 spiro atoms. The summed E-state index contributed by atoms with van der Waals surface area (Å²) in [6, 6.07) is 1.84. The SMILES string of the molecule is CN=C(NC1CCN(C2CCCC2)C1)NC1C2CCCOC2C1(C)C.I. The van der Waals surface area contributed by atoms with Crippen LogP contribution in [0.5, 0.6) is 0 Å². The van der Waals surface area contributed by atoms with Crippen molar-refractivity contribution in [1.82, 2.24) is 15.5 Å². The lowest BCUT2D eigenvalue weighted by Gasteiger charge is -2.60. The van der Waals surface area contributed by atoms with Gasteiger partial charge in [-0.15, -0.1) is 24.0 Å². The molecule has 150 valence electrons. The third-order valence-corrected chi connectivity index (χ3v) is 7.25. The predicted molar refractivity (Wildman–Crippen MR) is 117 cm³/mol. The van der Waals surface area contributed by atoms with Gasteiger partial charge in [0, 0.05) is 56.2 Å². The third kappa shape index (κ3) is 3.88. The maximum absolute atomic E-state index is 6.04. The second-order valence-corrected chi connectivity index (χ2v) is 9.18. The van der Waals surface area contributed by atoms with Crippen LogP contribution in [0.15, 0.2) is 4.99 Å². The Labute approximate surface area is 176 Å². The number of likely N-dealkylation sites (tertiary alicyclic amines) is 1. The van der Waals surface area contributed by atoms with Crippen molar-refractivity contribution < 1.29 is 4.74 Å². The normalized spacial score (nSPS) is 37.6. The van der Waals surface area contributed by atoms with Crippen LogP contribution in [0.4, 0.5) is 0 Å². The quantitative estimate of drug-likeness (QED) is 0.374. The zero-order valence-corrected chi connectivity index (χ0v) is 19.0. The number of guanidine groups is 1. The molecule has 5 nitrogen and oxygen atoms in total. The van der Waals surface area contributed by atoms with E-state index >= 15 is 0 Å². The van der Waals surface area contributed by atoms with E-state index in [0.717, 1.165) is 18.6 Å². The molecule has 2 N–H and O–H groups in total. The van der Waals surface area contributed by atoms with E-state index in [2.05, 4.69) is 34.4 Å². The molecule has 0 bridgehead atoms. The van der Waals surface area contributed by atoms with Crippen LogP contribution in [0.2, 0.25) is 0 Å². The molecule has 26 heavy (non-hydrogen) atoms. The van der Waals surface area contributed by atoms with Crippen molar-refractivity contribution in [2.75, 3.05) is 26.7 Å². The standard InChI is InChI=1S/C20H36N4O.HI/c1-20(2)17(16-9-6-12-25-18(16)20)23-19(21-3)22-14-10-11-24(13-14)15-7-4-5-8-15;/h14-18H,4-13H2,1-3H3,(H2,21,22,23);1H. The zero-order valence-electron chi connectivity index (χ0n) is 16.7. The van der Waals surface area contributed by atoms with Gasteiger partial charge in [0.1, 0.15) is 0 Å². The van der Waals surface area contributed by atoms with Crippen molar-refractivity contribution in [3.8, 4) is 0 Å². The Morgan fingerprint density at radius 2 is 1.85 bits per heavy atom. The van der Waals surface area contributed by atoms with E-state index in [9.17, 15) is 0 Å². The van der Waals surface area contributed by atoms with Crippen molar-refractivity contribution >= 4 is 29.9 Å². The molecule has 4 rings (SSSR count). The van der Waals surface area contributed by atoms with E-state index in [1.54, 1.807) is 0 Å². The van der Waals surface area contributed by atoms with E-state index in [1.807, 2.05) is 7.05 Å². The van der Waals surface area contributed by atoms with Gasteiger partial charge in [0.15, 0.2) is 5.96 Å². The molecular weight excluding hydrogens is 439 g/mol. The highest BCUT2D eigenvalue weighted by Crippen LogP contribution is 2.51. The highest BCUT2D eigenvalue weighted by atomic mass is 127. The Balaban J connectivity index is 0.00000196. The van der Waals surface area contributed by atoms with Crippen LogP contribution in [0.1, 0.15) is 58.8 Å². The van der Waals surface area contributed by atoms with Crippen LogP contribution >= 0.6 is 24.0 Å². The molecule has 0 amide bonds. The fourth-order valence-corrected chi connectivity index (χ4v) is 5.83. The molecular formula is C20H37IN4O. The first kappa shape index (κ1) is 20.6. The Bertz CT molecular complexity index is 506. The highest BCUT2D eigenvalue weighted by molar-refractivity contribution is 14.0. The summed E-state index contributed by atoms with van der Waals surface area (Å²) < 4.78 is 6.04. The second-order valence-electron chi connectivity index (χ2n) is 9.18. The Hall–Kier alpha value is -0.0800. The number of halogens is 1. The van der Waals surface area contributed by atoms with Gasteiger partial charge < -0.3 is 15.4 Å². The number of ether oxygens (including phenoxy) is 1. The Morgan fingerprint density at radius 3 is 2.58 bits per heavy atom. The third-order valence-electron chi connectivity index (χ3n) is 7.25. The van der Waals surface area contributed by atoms with E-state index in [-0.39, 0.29) is 29.4 Å². The predicted octanol–water partition coefficient (Wildman–Crippen LogP) is 2.99. The van der Waals surface area contributed by atoms with Gasteiger partial charge in [-0.1, -0.05) is 26.7 Å². The molecule has 0 radical (unpaired) electrons. The van der Waals surface area contributed by atoms with Crippen LogP contribution < -0.4 is 10.6 Å². The average Bonchev–Trinajstić information content (AvgIpc) is 3.29. The topological polar surface area (TPSA) is 48.9 Å². The number of fused-ring (bicyclic) bond motifs is 1. The average molecular weight is 476 g/mol. The van der Waals surface area contributed by atoms with E-state index in [1.165, 1.54) is 58.0 Å². The minimum atomic E-state index is 0. The first-order valence-corrected chi connectivity index (χ1v) is 10.4. The van der Waals surface area contributed by atoms with Gasteiger partial charge >= 0.3 is 0 Å². The van der Waals surface area contributed by atoms with E-state index in [0.29, 0.717) is 24.1 Å². The molecule has 0 aromatic heterocycles. The molecule has 0 aromatic carbocycles. The van der Waals surface area contributed by atoms with Crippen LogP contribution in [-0.2, 0) is 4.74 Å². The van der Waals surface area contributed by atoms with Gasteiger partial charge in [-0.2, -0.15) is 0 Å². The van der Waals surface area contributed by atoms with Gasteiger partial charge in [0.2, 0.25) is 0 Å². The molecule has 4 fully saturated rings. The van der Waals surface area contributed by atoms with Crippen LogP contribution in [0, 0.1) is 11.3 Å². The molecule has 2 heterocycles. The first-order valence-electron chi connectivity index (χ1n) is 10.4. The van der Waals surface area contributed by atoms with Crippen molar-refractivity contribution in [2.24, 2.45) is 16.3 Å². The molecule has 4 unspecified atom stereocenters. The number of nitrogens with one attached hydrogen (secondary N) is 2. The molecule has 6 heteroatoms. The van der Waals surface area contributed by atoms with Gasteiger partial charge in [-0.25, -0.2) is 0 Å². The molecule has 4 aliphatic rings. The van der Waals surface area contributed by atoms with Crippen LogP contribution in [0.25, 0.3) is 0 Å². The van der Waals surface area contributed by atoms with Crippen molar-refractivity contribution in [1.29, 1.82) is 0 Å². The summed E-state index contributed by atoms with van der Waals surface area (Å²) in [5.41, 5.74) is 0.189. The van der Waals surface area contributed by atoms with Gasteiger partial charge in [0.25, 0.3) is 0 Å². The number of hydrogen-bond donors (Lipinski definition) is 2. The first-order chi connectivity index (χ1) is 12.1. The number of aliphatic imine (C=N–C) groups is 1. The summed E-state index contributed by atoms with van der Waals surface area (Å²) in [6.45, 7) is 8.02. The van der Waals surface area contributed by atoms with E-state index in [4.69, 9.17) is 4.74 Å². The molecule has 0 aromatic rings. The van der Waals surface area contributed by atoms with Crippen molar-refractivity contribution in [3.63, 3.8) is 0 Å². The molecule has 2 saturated heterocycles. The second kappa shape index (κ2) is 8.52. The summed E-state index contributed by atoms with van der Waals surface area (Å²) in [5.74, 6) is 1.63. The van der Waals surface area contributed by atoms with Crippen molar-refractivity contribution in [2.45, 2.75) is 83.0 Å². The number of hydrogen-bond acceptors (Lipinski definition) is 3. The van der Waals surface area contributed by atoms with E-state index < -0.39 is 0 Å². The van der Waals surface area contributed by atoms with Crippen LogP contribution in [0.3, 0.4) is 0 Å². The fourth-order valence-electron chi connectivity index (χ4n) is 5.83. The lowest BCUT2D eigenvalue weighted by Crippen LogP contribution is -2.71. The molecule has 2 aliphatic heterocycles. The Kier molecular flexibility index (Phi) is 6.76. The maximum Gasteiger partial charge on any atom is 0.191 e. The summed E-state index contributed by atoms with van der Waals surface area (Å²) >= 11 is 0. The lowest BCUT2D eigenvalue weighted by atomic mass is 9.55. The molecule has 4 atom stereocenters. The highest BCUT2D eigenvalue weighted by Gasteiger charge is 2.58. The minimum absolute atomic E-state index is 0. The van der Waals surface area contributed by atoms with Gasteiger partial charge in [0.05, 0.1) is 6.10 Å². The van der Waals surface area contributed by atoms with Gasteiger partial charge in [-0.05, 0) is 32.1 Å². The summed E-state index contributed by atoms with van der Waals surface area (Å²) in [7, 11) is 1.90. The number of nitrogens with zero attached hydrogens (tertiary/aromatic N) is 2. The maximum atomic E-state index is 6.04. The fraction of sp³-hybridized carbons (Fsp3) is 0.950.